The third kappa shape index (κ3) is 49.4. The smallest absolute Gasteiger partial charge is 0.268 e. The highest BCUT2D eigenvalue weighted by Crippen LogP contribution is 2.38. The molecule has 0 rings (SSSR count). The van der Waals surface area contributed by atoms with Gasteiger partial charge in [-0.15, -0.1) is 0 Å². The minimum absolute atomic E-state index is 0.00968. The second kappa shape index (κ2) is 46.8. The molecule has 0 spiro atoms. The van der Waals surface area contributed by atoms with Crippen molar-refractivity contribution in [3.63, 3.8) is 0 Å². The van der Waals surface area contributed by atoms with Crippen molar-refractivity contribution < 1.29 is 32.9 Å². The van der Waals surface area contributed by atoms with Crippen molar-refractivity contribution in [1.29, 1.82) is 0 Å². The number of nitrogens with one attached hydrogen (secondary N) is 1. The fraction of sp³-hybridized carbons (Fsp3) is 0.732. The Kier molecular flexibility index (Phi) is 45.1. The van der Waals surface area contributed by atoms with Gasteiger partial charge >= 0.3 is 0 Å². The lowest BCUT2D eigenvalue weighted by Gasteiger charge is -2.29. The van der Waals surface area contributed by atoms with Crippen molar-refractivity contribution >= 4 is 13.7 Å². The van der Waals surface area contributed by atoms with E-state index in [0.29, 0.717) is 17.4 Å². The average Bonchev–Trinajstić information content (AvgIpc) is 3.26. The zero-order valence-electron chi connectivity index (χ0n) is 42.7. The fourth-order valence-corrected chi connectivity index (χ4v) is 7.92. The molecule has 0 aromatic carbocycles. The minimum Gasteiger partial charge on any atom is -0.756 e. The SMILES string of the molecule is CC/C=C\C/C=C\C/C=C\C/C=C\C/C=C\CCCCCCCCCCCCCCCC(=O)NC(COP(=O)([O-])OCC[N+](C)(C)C)C(O)/C=C/CC/C=C/CCCCCCCCCC. The number of hydrogen-bond acceptors (Lipinski definition) is 6. The van der Waals surface area contributed by atoms with Crippen molar-refractivity contribution in [2.24, 2.45) is 0 Å². The molecule has 0 saturated heterocycles. The average molecular weight is 929 g/mol. The second-order valence-corrected chi connectivity index (χ2v) is 20.2. The monoisotopic (exact) mass is 929 g/mol. The van der Waals surface area contributed by atoms with Gasteiger partial charge in [0.15, 0.2) is 0 Å². The van der Waals surface area contributed by atoms with E-state index in [1.807, 2.05) is 27.2 Å². The van der Waals surface area contributed by atoms with Gasteiger partial charge in [-0.1, -0.05) is 214 Å². The van der Waals surface area contributed by atoms with Crippen LogP contribution in [0.5, 0.6) is 0 Å². The van der Waals surface area contributed by atoms with E-state index in [9.17, 15) is 19.4 Å². The molecule has 0 aromatic heterocycles. The van der Waals surface area contributed by atoms with Crippen molar-refractivity contribution in [3.05, 3.63) is 85.1 Å². The Morgan fingerprint density at radius 3 is 1.43 bits per heavy atom. The number of quaternary nitrogens is 1. The quantitative estimate of drug-likeness (QED) is 0.0272. The number of carbonyl (C=O) groups is 1. The van der Waals surface area contributed by atoms with Gasteiger partial charge in [0.2, 0.25) is 5.91 Å². The summed E-state index contributed by atoms with van der Waals surface area (Å²) >= 11 is 0. The molecule has 0 saturated carbocycles. The van der Waals surface area contributed by atoms with Gasteiger partial charge in [-0.3, -0.25) is 9.36 Å². The van der Waals surface area contributed by atoms with Crippen LogP contribution < -0.4 is 10.2 Å². The van der Waals surface area contributed by atoms with Crippen LogP contribution in [-0.2, 0) is 18.4 Å². The first kappa shape index (κ1) is 62.7. The molecule has 1 amide bonds. The predicted octanol–water partition coefficient (Wildman–Crippen LogP) is 15.1. The van der Waals surface area contributed by atoms with Crippen LogP contribution in [0.25, 0.3) is 0 Å². The number of nitrogens with zero attached hydrogens (tertiary/aromatic N) is 1. The molecule has 2 N–H and O–H groups in total. The van der Waals surface area contributed by atoms with E-state index >= 15 is 0 Å². The lowest BCUT2D eigenvalue weighted by atomic mass is 10.0. The van der Waals surface area contributed by atoms with Crippen molar-refractivity contribution in [1.82, 2.24) is 5.32 Å². The molecule has 0 aliphatic rings. The topological polar surface area (TPSA) is 108 Å². The van der Waals surface area contributed by atoms with E-state index < -0.39 is 26.6 Å². The van der Waals surface area contributed by atoms with E-state index in [1.165, 1.54) is 122 Å². The summed E-state index contributed by atoms with van der Waals surface area (Å²) in [7, 11) is 1.23. The maximum absolute atomic E-state index is 12.9. The molecular weight excluding hydrogens is 828 g/mol. The normalized spacial score (nSPS) is 14.8. The molecule has 376 valence electrons. The molecule has 3 unspecified atom stereocenters. The Hall–Kier alpha value is -2.32. The molecule has 0 radical (unpaired) electrons. The molecule has 65 heavy (non-hydrogen) atoms. The number of aliphatic hydroxyl groups is 1. The molecule has 0 aromatic rings. The van der Waals surface area contributed by atoms with Gasteiger partial charge in [-0.05, 0) is 77.0 Å². The second-order valence-electron chi connectivity index (χ2n) is 18.8. The summed E-state index contributed by atoms with van der Waals surface area (Å²) in [5, 5.41) is 13.8. The summed E-state index contributed by atoms with van der Waals surface area (Å²) in [4.78, 5) is 25.4. The summed E-state index contributed by atoms with van der Waals surface area (Å²) < 4.78 is 23.3. The van der Waals surface area contributed by atoms with Crippen LogP contribution >= 0.6 is 7.82 Å². The summed E-state index contributed by atoms with van der Waals surface area (Å²) in [6.07, 6.45) is 65.1. The van der Waals surface area contributed by atoms with Gasteiger partial charge in [0.25, 0.3) is 7.82 Å². The zero-order chi connectivity index (χ0) is 47.8. The van der Waals surface area contributed by atoms with E-state index in [-0.39, 0.29) is 12.5 Å². The minimum atomic E-state index is -4.60. The van der Waals surface area contributed by atoms with Crippen LogP contribution in [0, 0.1) is 0 Å². The largest absolute Gasteiger partial charge is 0.756 e. The van der Waals surface area contributed by atoms with Crippen molar-refractivity contribution in [2.75, 3.05) is 40.9 Å². The third-order valence-corrected chi connectivity index (χ3v) is 12.3. The number of hydrogen-bond donors (Lipinski definition) is 2. The molecule has 8 nitrogen and oxygen atoms in total. The van der Waals surface area contributed by atoms with Gasteiger partial charge < -0.3 is 28.8 Å². The van der Waals surface area contributed by atoms with Crippen LogP contribution in [0.1, 0.15) is 213 Å². The van der Waals surface area contributed by atoms with Gasteiger partial charge in [-0.25, -0.2) is 0 Å². The van der Waals surface area contributed by atoms with Gasteiger partial charge in [-0.2, -0.15) is 0 Å². The van der Waals surface area contributed by atoms with E-state index in [4.69, 9.17) is 9.05 Å². The van der Waals surface area contributed by atoms with Crippen molar-refractivity contribution in [3.8, 4) is 0 Å². The maximum atomic E-state index is 12.9. The molecule has 0 aliphatic carbocycles. The van der Waals surface area contributed by atoms with E-state index in [2.05, 4.69) is 92.1 Å². The number of unbranched alkanes of at least 4 members (excludes halogenated alkanes) is 22. The first-order valence-corrected chi connectivity index (χ1v) is 27.9. The van der Waals surface area contributed by atoms with Crippen LogP contribution in [0.15, 0.2) is 85.1 Å². The Bertz CT molecular complexity index is 1330. The van der Waals surface area contributed by atoms with Crippen LogP contribution in [-0.4, -0.2) is 68.5 Å². The number of amides is 1. The van der Waals surface area contributed by atoms with Gasteiger partial charge in [0.1, 0.15) is 13.2 Å². The first-order chi connectivity index (χ1) is 31.5. The molecule has 0 bridgehead atoms. The van der Waals surface area contributed by atoms with E-state index in [0.717, 1.165) is 70.6 Å². The van der Waals surface area contributed by atoms with Crippen molar-refractivity contribution in [2.45, 2.75) is 225 Å². The highest BCUT2D eigenvalue weighted by molar-refractivity contribution is 7.45. The molecule has 9 heteroatoms. The molecule has 0 fully saturated rings. The highest BCUT2D eigenvalue weighted by atomic mass is 31.2. The summed E-state index contributed by atoms with van der Waals surface area (Å²) in [5.41, 5.74) is 0. The Morgan fingerprint density at radius 1 is 0.554 bits per heavy atom. The summed E-state index contributed by atoms with van der Waals surface area (Å²) in [6, 6.07) is -0.907. The molecule has 3 atom stereocenters. The zero-order valence-corrected chi connectivity index (χ0v) is 43.6. The number of rotatable bonds is 47. The number of likely N-dealkylation sites (N-methyl/N-ethyl adjacent to an activating group) is 1. The number of aliphatic hydroxyl groups excluding tert-OH is 1. The van der Waals surface area contributed by atoms with Gasteiger partial charge in [0.05, 0.1) is 39.9 Å². The Balaban J connectivity index is 4.21. The maximum Gasteiger partial charge on any atom is 0.268 e. The number of carbonyl (C=O) groups excluding carboxylic acids is 1. The number of phosphoric acid groups is 1. The van der Waals surface area contributed by atoms with Crippen LogP contribution in [0.4, 0.5) is 0 Å². The third-order valence-electron chi connectivity index (χ3n) is 11.3. The van der Waals surface area contributed by atoms with Gasteiger partial charge in [0, 0.05) is 6.42 Å². The lowest BCUT2D eigenvalue weighted by Crippen LogP contribution is -2.45. The number of phosphoric ester groups is 1. The molecular formula is C56H101N2O6P. The highest BCUT2D eigenvalue weighted by Gasteiger charge is 2.23. The van der Waals surface area contributed by atoms with Crippen LogP contribution in [0.3, 0.4) is 0 Å². The Morgan fingerprint density at radius 2 is 0.954 bits per heavy atom. The first-order valence-electron chi connectivity index (χ1n) is 26.4. The molecule has 0 aliphatic heterocycles. The standard InChI is InChI=1S/C56H101N2O6P/c1-6-8-10-12-14-16-18-20-22-23-24-25-26-27-28-29-30-31-32-33-34-35-36-38-40-42-44-46-48-50-56(60)57-54(53-64-65(61,62)63-52-51-58(3,4)5)55(59)49-47-45-43-41-39-37-21-19-17-15-13-11-9-7-2/h8,10,14,16,20,22,24-25,27-28,39,41,47,49,54-55,59H,6-7,9,11-13,15,17-19,21,23,26,29-38,40,42-46,48,50-53H2,1-5H3,(H-,57,60,61,62)/b10-8-,16-14-,22-20-,25-24-,28-27-,41-39+,49-47+. The lowest BCUT2D eigenvalue weighted by molar-refractivity contribution is -0.870. The number of allylic oxidation sites excluding steroid dienone is 13. The predicted molar refractivity (Wildman–Crippen MR) is 279 cm³/mol. The summed E-state index contributed by atoms with van der Waals surface area (Å²) in [6.45, 7) is 4.50. The Labute approximate surface area is 401 Å². The van der Waals surface area contributed by atoms with Crippen LogP contribution in [0.2, 0.25) is 0 Å². The molecule has 0 heterocycles. The summed E-state index contributed by atoms with van der Waals surface area (Å²) in [5.74, 6) is -0.212. The fourth-order valence-electron chi connectivity index (χ4n) is 7.19. The van der Waals surface area contributed by atoms with E-state index in [1.54, 1.807) is 6.08 Å².